The van der Waals surface area contributed by atoms with E-state index in [4.69, 9.17) is 10.5 Å². The van der Waals surface area contributed by atoms with Crippen molar-refractivity contribution in [2.75, 3.05) is 33.4 Å². The maximum atomic E-state index is 5.94. The Kier molecular flexibility index (Phi) is 5.90. The number of likely N-dealkylation sites (N-methyl/N-ethyl adjacent to an activating group) is 1. The molecule has 0 radical (unpaired) electrons. The molecule has 3 heteroatoms. The Hall–Kier alpha value is -0.120. The molecule has 1 rings (SSSR count). The molecule has 0 spiro atoms. The Bertz CT molecular complexity index is 216. The zero-order chi connectivity index (χ0) is 12.9. The molecular formula is C14H30N2O. The summed E-state index contributed by atoms with van der Waals surface area (Å²) >= 11 is 0. The third-order valence-electron chi connectivity index (χ3n) is 3.83. The Labute approximate surface area is 107 Å². The maximum Gasteiger partial charge on any atom is 0.0593 e. The molecule has 0 heterocycles. The summed E-state index contributed by atoms with van der Waals surface area (Å²) in [4.78, 5) is 2.36. The zero-order valence-electron chi connectivity index (χ0n) is 12.0. The number of hydrogen-bond donors (Lipinski definition) is 1. The van der Waals surface area contributed by atoms with Crippen molar-refractivity contribution in [1.82, 2.24) is 4.90 Å². The van der Waals surface area contributed by atoms with Crippen molar-refractivity contribution < 1.29 is 4.74 Å². The summed E-state index contributed by atoms with van der Waals surface area (Å²) in [5.74, 6) is 1.54. The number of rotatable bonds is 9. The predicted molar refractivity (Wildman–Crippen MR) is 73.1 cm³/mol. The van der Waals surface area contributed by atoms with Crippen LogP contribution in [0.1, 0.15) is 40.0 Å². The normalized spacial score (nSPS) is 19.9. The van der Waals surface area contributed by atoms with Crippen LogP contribution in [-0.4, -0.2) is 43.8 Å². The van der Waals surface area contributed by atoms with Gasteiger partial charge in [0.25, 0.3) is 0 Å². The van der Waals surface area contributed by atoms with Gasteiger partial charge in [-0.25, -0.2) is 0 Å². The van der Waals surface area contributed by atoms with Gasteiger partial charge in [0, 0.05) is 25.2 Å². The van der Waals surface area contributed by atoms with E-state index in [-0.39, 0.29) is 5.54 Å². The largest absolute Gasteiger partial charge is 0.380 e. The molecule has 0 aliphatic heterocycles. The third kappa shape index (κ3) is 5.36. The molecule has 1 saturated carbocycles. The summed E-state index contributed by atoms with van der Waals surface area (Å²) in [6.45, 7) is 10.3. The van der Waals surface area contributed by atoms with Crippen molar-refractivity contribution in [2.24, 2.45) is 17.6 Å². The van der Waals surface area contributed by atoms with Crippen LogP contribution in [0, 0.1) is 11.8 Å². The Morgan fingerprint density at radius 2 is 2.06 bits per heavy atom. The fraction of sp³-hybridized carbons (Fsp3) is 1.00. The first kappa shape index (κ1) is 14.9. The van der Waals surface area contributed by atoms with Crippen molar-refractivity contribution >= 4 is 0 Å². The first-order valence-electron chi connectivity index (χ1n) is 6.97. The highest BCUT2D eigenvalue weighted by Crippen LogP contribution is 2.28. The Morgan fingerprint density at radius 3 is 2.53 bits per heavy atom. The first-order chi connectivity index (χ1) is 7.98. The molecule has 1 fully saturated rings. The van der Waals surface area contributed by atoms with Crippen molar-refractivity contribution in [3.8, 4) is 0 Å². The minimum absolute atomic E-state index is 0.108. The van der Waals surface area contributed by atoms with Crippen LogP contribution in [0.4, 0.5) is 0 Å². The lowest BCUT2D eigenvalue weighted by molar-refractivity contribution is 0.0571. The average molecular weight is 242 g/mol. The number of nitrogens with two attached hydrogens (primary N) is 1. The van der Waals surface area contributed by atoms with Crippen molar-refractivity contribution in [3.63, 3.8) is 0 Å². The van der Waals surface area contributed by atoms with Gasteiger partial charge in [0.05, 0.1) is 6.61 Å². The SMILES string of the molecule is CC(C)CC(C)(CN)N(C)CCOCC1CC1. The monoisotopic (exact) mass is 242 g/mol. The number of ether oxygens (including phenoxy) is 1. The molecule has 1 aliphatic carbocycles. The van der Waals surface area contributed by atoms with E-state index in [2.05, 4.69) is 32.7 Å². The molecule has 2 N–H and O–H groups in total. The Balaban J connectivity index is 2.23. The van der Waals surface area contributed by atoms with Gasteiger partial charge in [-0.05, 0) is 45.1 Å². The quantitative estimate of drug-likeness (QED) is 0.629. The topological polar surface area (TPSA) is 38.5 Å². The van der Waals surface area contributed by atoms with E-state index in [1.54, 1.807) is 0 Å². The summed E-state index contributed by atoms with van der Waals surface area (Å²) in [7, 11) is 2.16. The van der Waals surface area contributed by atoms with Crippen LogP contribution in [0.5, 0.6) is 0 Å². The van der Waals surface area contributed by atoms with Crippen LogP contribution in [0.2, 0.25) is 0 Å². The number of nitrogens with zero attached hydrogens (tertiary/aromatic N) is 1. The molecule has 0 amide bonds. The second-order valence-electron chi connectivity index (χ2n) is 6.24. The van der Waals surface area contributed by atoms with Crippen molar-refractivity contribution in [1.29, 1.82) is 0 Å². The van der Waals surface area contributed by atoms with Crippen LogP contribution in [0.15, 0.2) is 0 Å². The molecule has 0 aromatic rings. The summed E-state index contributed by atoms with van der Waals surface area (Å²) in [6, 6.07) is 0. The fourth-order valence-electron chi connectivity index (χ4n) is 2.28. The van der Waals surface area contributed by atoms with E-state index in [1.165, 1.54) is 12.8 Å². The summed E-state index contributed by atoms with van der Waals surface area (Å²) in [5, 5.41) is 0. The lowest BCUT2D eigenvalue weighted by Gasteiger charge is -2.39. The zero-order valence-corrected chi connectivity index (χ0v) is 12.0. The highest BCUT2D eigenvalue weighted by molar-refractivity contribution is 4.86. The van der Waals surface area contributed by atoms with Gasteiger partial charge < -0.3 is 10.5 Å². The van der Waals surface area contributed by atoms with Crippen molar-refractivity contribution in [2.45, 2.75) is 45.6 Å². The van der Waals surface area contributed by atoms with Gasteiger partial charge in [-0.3, -0.25) is 4.90 Å². The average Bonchev–Trinajstić information content (AvgIpc) is 3.06. The second kappa shape index (κ2) is 6.72. The molecule has 1 unspecified atom stereocenters. The van der Waals surface area contributed by atoms with Crippen LogP contribution < -0.4 is 5.73 Å². The van der Waals surface area contributed by atoms with Gasteiger partial charge in [-0.2, -0.15) is 0 Å². The standard InChI is InChI=1S/C14H30N2O/c1-12(2)9-14(3,11-15)16(4)7-8-17-10-13-5-6-13/h12-13H,5-11,15H2,1-4H3. The molecule has 102 valence electrons. The summed E-state index contributed by atoms with van der Waals surface area (Å²) in [5.41, 5.74) is 6.04. The molecule has 0 saturated heterocycles. The second-order valence-corrected chi connectivity index (χ2v) is 6.24. The minimum atomic E-state index is 0.108. The van der Waals surface area contributed by atoms with Crippen LogP contribution in [0.3, 0.4) is 0 Å². The van der Waals surface area contributed by atoms with Gasteiger partial charge >= 0.3 is 0 Å². The van der Waals surface area contributed by atoms with Crippen molar-refractivity contribution in [3.05, 3.63) is 0 Å². The van der Waals surface area contributed by atoms with E-state index >= 15 is 0 Å². The summed E-state index contributed by atoms with van der Waals surface area (Å²) < 4.78 is 5.69. The van der Waals surface area contributed by atoms with Crippen LogP contribution in [0.25, 0.3) is 0 Å². The van der Waals surface area contributed by atoms with Gasteiger partial charge in [-0.15, -0.1) is 0 Å². The molecule has 3 nitrogen and oxygen atoms in total. The molecule has 1 aliphatic rings. The van der Waals surface area contributed by atoms with Gasteiger partial charge in [0.15, 0.2) is 0 Å². The Morgan fingerprint density at radius 1 is 1.41 bits per heavy atom. The van der Waals surface area contributed by atoms with E-state index in [0.29, 0.717) is 12.5 Å². The van der Waals surface area contributed by atoms with Gasteiger partial charge in [-0.1, -0.05) is 13.8 Å². The molecule has 0 bridgehead atoms. The lowest BCUT2D eigenvalue weighted by atomic mass is 9.89. The molecular weight excluding hydrogens is 212 g/mol. The smallest absolute Gasteiger partial charge is 0.0593 e. The third-order valence-corrected chi connectivity index (χ3v) is 3.83. The van der Waals surface area contributed by atoms with E-state index in [9.17, 15) is 0 Å². The highest BCUT2D eigenvalue weighted by atomic mass is 16.5. The molecule has 0 aromatic heterocycles. The van der Waals surface area contributed by atoms with Gasteiger partial charge in [0.1, 0.15) is 0 Å². The van der Waals surface area contributed by atoms with Crippen LogP contribution in [-0.2, 0) is 4.74 Å². The number of hydrogen-bond acceptors (Lipinski definition) is 3. The van der Waals surface area contributed by atoms with Gasteiger partial charge in [0.2, 0.25) is 0 Å². The summed E-state index contributed by atoms with van der Waals surface area (Å²) in [6.07, 6.45) is 3.87. The molecule has 1 atom stereocenters. The highest BCUT2D eigenvalue weighted by Gasteiger charge is 2.28. The molecule has 17 heavy (non-hydrogen) atoms. The predicted octanol–water partition coefficient (Wildman–Crippen LogP) is 2.11. The van der Waals surface area contributed by atoms with Crippen LogP contribution >= 0.6 is 0 Å². The molecule has 0 aromatic carbocycles. The minimum Gasteiger partial charge on any atom is -0.380 e. The first-order valence-corrected chi connectivity index (χ1v) is 6.97. The van der Waals surface area contributed by atoms with E-state index < -0.39 is 0 Å². The van der Waals surface area contributed by atoms with E-state index in [0.717, 1.165) is 32.1 Å². The lowest BCUT2D eigenvalue weighted by Crippen LogP contribution is -2.51. The van der Waals surface area contributed by atoms with E-state index in [1.807, 2.05) is 0 Å². The fourth-order valence-corrected chi connectivity index (χ4v) is 2.28. The maximum absolute atomic E-state index is 5.94.